The van der Waals surface area contributed by atoms with E-state index in [9.17, 15) is 18.7 Å². The van der Waals surface area contributed by atoms with Crippen molar-refractivity contribution in [2.45, 2.75) is 43.7 Å². The van der Waals surface area contributed by atoms with Gasteiger partial charge >= 0.3 is 0 Å². The topological polar surface area (TPSA) is 62.2 Å². The highest BCUT2D eigenvalue weighted by atomic mass is 19.1. The number of hydrogen-bond donors (Lipinski definition) is 1. The lowest BCUT2D eigenvalue weighted by Gasteiger charge is -2.37. The maximum Gasteiger partial charge on any atom is 0.248 e. The molecule has 8 heteroatoms. The summed E-state index contributed by atoms with van der Waals surface area (Å²) in [4.78, 5) is 16.2. The average Bonchev–Trinajstić information content (AvgIpc) is 2.86. The van der Waals surface area contributed by atoms with Crippen molar-refractivity contribution in [3.05, 3.63) is 29.8 Å². The van der Waals surface area contributed by atoms with Gasteiger partial charge in [0.05, 0.1) is 6.54 Å². The zero-order chi connectivity index (χ0) is 20.9. The van der Waals surface area contributed by atoms with Gasteiger partial charge in [0.2, 0.25) is 5.91 Å². The number of benzene rings is 1. The molecule has 1 N–H and O–H groups in total. The second-order valence-electron chi connectivity index (χ2n) is 8.13. The summed E-state index contributed by atoms with van der Waals surface area (Å²) in [7, 11) is 1.46. The molecule has 0 spiro atoms. The average molecular weight is 412 g/mol. The smallest absolute Gasteiger partial charge is 0.248 e. The lowest BCUT2D eigenvalue weighted by molar-refractivity contribution is -0.138. The Morgan fingerprint density at radius 1 is 1.14 bits per heavy atom. The number of nitrogens with zero attached hydrogens (tertiary/aromatic N) is 2. The molecule has 1 heterocycles. The van der Waals surface area contributed by atoms with Crippen molar-refractivity contribution in [1.82, 2.24) is 9.80 Å². The fourth-order valence-electron chi connectivity index (χ4n) is 4.30. The lowest BCUT2D eigenvalue weighted by atomic mass is 9.93. The summed E-state index contributed by atoms with van der Waals surface area (Å²) >= 11 is 0. The number of carbonyl (C=O) groups is 1. The van der Waals surface area contributed by atoms with Gasteiger partial charge in [-0.1, -0.05) is 19.3 Å². The molecule has 1 amide bonds. The molecular weight excluding hydrogens is 382 g/mol. The van der Waals surface area contributed by atoms with Crippen LogP contribution in [0.15, 0.2) is 18.2 Å². The van der Waals surface area contributed by atoms with E-state index in [4.69, 9.17) is 9.47 Å². The Hall–Kier alpha value is -1.77. The van der Waals surface area contributed by atoms with Crippen molar-refractivity contribution >= 4 is 5.91 Å². The Bertz CT molecular complexity index is 679. The molecule has 1 aromatic rings. The Balaban J connectivity index is 1.75. The van der Waals surface area contributed by atoms with Gasteiger partial charge in [0, 0.05) is 51.0 Å². The van der Waals surface area contributed by atoms with Crippen molar-refractivity contribution in [3.63, 3.8) is 0 Å². The number of amides is 1. The molecule has 1 saturated carbocycles. The highest BCUT2D eigenvalue weighted by Gasteiger charge is 2.39. The van der Waals surface area contributed by atoms with Crippen molar-refractivity contribution < 1.29 is 28.2 Å². The van der Waals surface area contributed by atoms with Gasteiger partial charge in [0.1, 0.15) is 36.2 Å². The van der Waals surface area contributed by atoms with Crippen molar-refractivity contribution in [3.8, 4) is 5.75 Å². The van der Waals surface area contributed by atoms with E-state index in [2.05, 4.69) is 4.90 Å². The Morgan fingerprint density at radius 2 is 1.83 bits per heavy atom. The maximum atomic E-state index is 13.5. The molecule has 1 atom stereocenters. The zero-order valence-electron chi connectivity index (χ0n) is 16.9. The van der Waals surface area contributed by atoms with Crippen molar-refractivity contribution in [1.29, 1.82) is 0 Å². The van der Waals surface area contributed by atoms with Gasteiger partial charge in [-0.05, 0) is 12.8 Å². The summed E-state index contributed by atoms with van der Waals surface area (Å²) in [5, 5.41) is 11.4. The first kappa shape index (κ1) is 21.9. The number of ether oxygens (including phenoxy) is 2. The highest BCUT2D eigenvalue weighted by Crippen LogP contribution is 2.27. The fraction of sp³-hybridized carbons (Fsp3) is 0.667. The second-order valence-corrected chi connectivity index (χ2v) is 8.13. The van der Waals surface area contributed by atoms with Crippen LogP contribution in [0.4, 0.5) is 8.78 Å². The lowest BCUT2D eigenvalue weighted by Crippen LogP contribution is -2.54. The summed E-state index contributed by atoms with van der Waals surface area (Å²) in [6.07, 6.45) is 5.67. The predicted octanol–water partition coefficient (Wildman–Crippen LogP) is 2.20. The SMILES string of the molecule is COCC(=O)N1CCN(C2CCCCC2)CC(O)(COc2cc(F)cc(F)c2)C1. The van der Waals surface area contributed by atoms with E-state index in [1.165, 1.54) is 13.5 Å². The van der Waals surface area contributed by atoms with Crippen LogP contribution in [0.2, 0.25) is 0 Å². The monoisotopic (exact) mass is 412 g/mol. The highest BCUT2D eigenvalue weighted by molar-refractivity contribution is 5.77. The quantitative estimate of drug-likeness (QED) is 0.776. The summed E-state index contributed by atoms with van der Waals surface area (Å²) in [6.45, 7) is 1.35. The number of halogens is 2. The van der Waals surface area contributed by atoms with Crippen LogP contribution in [-0.4, -0.2) is 79.0 Å². The molecule has 1 aromatic carbocycles. The number of carbonyl (C=O) groups excluding carboxylic acids is 1. The Labute approximate surface area is 170 Å². The van der Waals surface area contributed by atoms with E-state index in [1.807, 2.05) is 0 Å². The van der Waals surface area contributed by atoms with E-state index < -0.39 is 17.2 Å². The number of β-amino-alcohol motifs (C(OH)–C–C–N with tert-alkyl or cyclic N) is 1. The van der Waals surface area contributed by atoms with Gasteiger partial charge in [-0.15, -0.1) is 0 Å². The first-order chi connectivity index (χ1) is 13.9. The number of aliphatic hydroxyl groups is 1. The van der Waals surface area contributed by atoms with E-state index in [-0.39, 0.29) is 31.4 Å². The number of rotatable bonds is 6. The molecule has 29 heavy (non-hydrogen) atoms. The van der Waals surface area contributed by atoms with E-state index in [0.29, 0.717) is 25.7 Å². The Morgan fingerprint density at radius 3 is 2.48 bits per heavy atom. The molecular formula is C21H30F2N2O4. The minimum Gasteiger partial charge on any atom is -0.490 e. The van der Waals surface area contributed by atoms with Gasteiger partial charge in [0.15, 0.2) is 0 Å². The molecule has 3 rings (SSSR count). The molecule has 0 aromatic heterocycles. The van der Waals surface area contributed by atoms with Crippen LogP contribution in [0, 0.1) is 11.6 Å². The third-order valence-corrected chi connectivity index (χ3v) is 5.69. The van der Waals surface area contributed by atoms with Gasteiger partial charge in [-0.3, -0.25) is 9.69 Å². The van der Waals surface area contributed by atoms with Crippen LogP contribution < -0.4 is 4.74 Å². The van der Waals surface area contributed by atoms with Crippen LogP contribution in [0.1, 0.15) is 32.1 Å². The predicted molar refractivity (Wildman–Crippen MR) is 104 cm³/mol. The molecule has 0 bridgehead atoms. The fourth-order valence-corrected chi connectivity index (χ4v) is 4.30. The summed E-state index contributed by atoms with van der Waals surface area (Å²) in [5.74, 6) is -1.67. The van der Waals surface area contributed by atoms with Crippen molar-refractivity contribution in [2.75, 3.05) is 46.5 Å². The van der Waals surface area contributed by atoms with Gasteiger partial charge < -0.3 is 19.5 Å². The van der Waals surface area contributed by atoms with Crippen LogP contribution in [0.5, 0.6) is 5.75 Å². The number of methoxy groups -OCH3 is 1. The molecule has 2 aliphatic rings. The largest absolute Gasteiger partial charge is 0.490 e. The minimum absolute atomic E-state index is 0.0131. The standard InChI is InChI=1S/C21H30F2N2O4/c1-28-12-20(26)25-8-7-24(18-5-3-2-4-6-18)13-21(27,14-25)15-29-19-10-16(22)9-17(23)11-19/h9-11,18,27H,2-8,12-15H2,1H3. The first-order valence-corrected chi connectivity index (χ1v) is 10.2. The second kappa shape index (κ2) is 9.82. The maximum absolute atomic E-state index is 13.5. The molecule has 1 aliphatic carbocycles. The summed E-state index contributed by atoms with van der Waals surface area (Å²) in [6, 6.07) is 3.29. The van der Waals surface area contributed by atoms with Crippen LogP contribution >= 0.6 is 0 Å². The summed E-state index contributed by atoms with van der Waals surface area (Å²) in [5.41, 5.74) is -1.36. The Kier molecular flexibility index (Phi) is 7.43. The van der Waals surface area contributed by atoms with E-state index >= 15 is 0 Å². The molecule has 1 aliphatic heterocycles. The third kappa shape index (κ3) is 6.10. The van der Waals surface area contributed by atoms with Gasteiger partial charge in [0.25, 0.3) is 0 Å². The van der Waals surface area contributed by atoms with Crippen LogP contribution in [-0.2, 0) is 9.53 Å². The van der Waals surface area contributed by atoms with Crippen LogP contribution in [0.25, 0.3) is 0 Å². The van der Waals surface area contributed by atoms with Crippen LogP contribution in [0.3, 0.4) is 0 Å². The van der Waals surface area contributed by atoms with Gasteiger partial charge in [-0.25, -0.2) is 8.78 Å². The normalized spacial score (nSPS) is 24.3. The molecule has 0 radical (unpaired) electrons. The minimum atomic E-state index is -1.36. The zero-order valence-corrected chi connectivity index (χ0v) is 16.9. The first-order valence-electron chi connectivity index (χ1n) is 10.2. The molecule has 6 nitrogen and oxygen atoms in total. The third-order valence-electron chi connectivity index (χ3n) is 5.69. The molecule has 1 unspecified atom stereocenters. The summed E-state index contributed by atoms with van der Waals surface area (Å²) < 4.78 is 37.4. The van der Waals surface area contributed by atoms with Crippen molar-refractivity contribution in [2.24, 2.45) is 0 Å². The molecule has 162 valence electrons. The van der Waals surface area contributed by atoms with E-state index in [1.54, 1.807) is 4.90 Å². The van der Waals surface area contributed by atoms with E-state index in [0.717, 1.165) is 43.9 Å². The number of hydrogen-bond acceptors (Lipinski definition) is 5. The van der Waals surface area contributed by atoms with Gasteiger partial charge in [-0.2, -0.15) is 0 Å². The molecule has 1 saturated heterocycles. The molecule has 2 fully saturated rings.